The highest BCUT2D eigenvalue weighted by molar-refractivity contribution is 5.94. The number of likely N-dealkylation sites (N-methyl/N-ethyl adjacent to an activating group) is 1. The second-order valence-electron chi connectivity index (χ2n) is 13.7. The van der Waals surface area contributed by atoms with Crippen LogP contribution in [0.15, 0.2) is 73.3 Å². The van der Waals surface area contributed by atoms with Crippen molar-refractivity contribution >= 4 is 23.6 Å². The van der Waals surface area contributed by atoms with Crippen LogP contribution in [-0.2, 0) is 36.9 Å². The van der Waals surface area contributed by atoms with Crippen molar-refractivity contribution in [3.05, 3.63) is 84.4 Å². The molecule has 2 aliphatic rings. The summed E-state index contributed by atoms with van der Waals surface area (Å²) in [5, 5.41) is 20.3. The minimum Gasteiger partial charge on any atom is -0.388 e. The fourth-order valence-electron chi connectivity index (χ4n) is 6.46. The first-order valence-electron chi connectivity index (χ1n) is 17.3. The molecule has 0 aliphatic carbocycles. The monoisotopic (exact) mass is 687 g/mol. The van der Waals surface area contributed by atoms with Crippen LogP contribution in [0.3, 0.4) is 0 Å². The Labute approximate surface area is 293 Å². The summed E-state index contributed by atoms with van der Waals surface area (Å²) >= 11 is 0. The standard InChI is InChI=1S/C37H49N7O6/c1-24(2)18-31-37(49)42(4)25(3)35(47)41-30(19-26-8-6-5-7-9-26)36(48)40-29-14-17-50-32(34(29)46)21-43(22-33(45)39-31)20-27-10-12-28(13-11-27)44-16-15-38-23-44/h5-13,15-16,23-25,29-32,34,46H,14,17-22H2,1-4H3,(H,39,45)(H,40,48)(H,41,47)/t25-,29-,30-,31+,32+,34-/m0/s1. The number of amides is 4. The van der Waals surface area contributed by atoms with Crippen molar-refractivity contribution in [2.24, 2.45) is 5.92 Å². The maximum Gasteiger partial charge on any atom is 0.245 e. The molecule has 4 amide bonds. The quantitative estimate of drug-likeness (QED) is 0.291. The van der Waals surface area contributed by atoms with Gasteiger partial charge in [-0.1, -0.05) is 56.3 Å². The number of ether oxygens (including phenoxy) is 1. The van der Waals surface area contributed by atoms with E-state index < -0.39 is 54.1 Å². The van der Waals surface area contributed by atoms with Gasteiger partial charge in [0.15, 0.2) is 0 Å². The molecule has 6 atom stereocenters. The summed E-state index contributed by atoms with van der Waals surface area (Å²) < 4.78 is 7.93. The predicted molar refractivity (Wildman–Crippen MR) is 187 cm³/mol. The number of carbonyl (C=O) groups excluding carboxylic acids is 4. The Balaban J connectivity index is 1.44. The molecule has 2 aliphatic heterocycles. The maximum atomic E-state index is 13.8. The molecule has 2 aromatic carbocycles. The lowest BCUT2D eigenvalue weighted by molar-refractivity contribution is -0.142. The second-order valence-corrected chi connectivity index (χ2v) is 13.7. The Kier molecular flexibility index (Phi) is 12.4. The lowest BCUT2D eigenvalue weighted by atomic mass is 9.97. The zero-order chi connectivity index (χ0) is 35.8. The molecular formula is C37H49N7O6. The minimum absolute atomic E-state index is 0.0719. The van der Waals surface area contributed by atoms with Crippen LogP contribution >= 0.6 is 0 Å². The summed E-state index contributed by atoms with van der Waals surface area (Å²) in [6, 6.07) is 13.8. The number of nitrogens with zero attached hydrogens (tertiary/aromatic N) is 4. The first kappa shape index (κ1) is 36.7. The molecule has 2 bridgehead atoms. The number of hydrogen-bond acceptors (Lipinski definition) is 8. The summed E-state index contributed by atoms with van der Waals surface area (Å²) in [6.07, 6.45) is 4.43. The number of imidazole rings is 1. The fourth-order valence-corrected chi connectivity index (χ4v) is 6.46. The highest BCUT2D eigenvalue weighted by Gasteiger charge is 2.38. The second kappa shape index (κ2) is 16.9. The van der Waals surface area contributed by atoms with Crippen LogP contribution in [0.4, 0.5) is 0 Å². The molecule has 0 spiro atoms. The Morgan fingerprint density at radius 1 is 0.940 bits per heavy atom. The third kappa shape index (κ3) is 9.55. The van der Waals surface area contributed by atoms with Crippen LogP contribution in [0.1, 0.15) is 44.7 Å². The van der Waals surface area contributed by atoms with Crippen LogP contribution in [-0.4, -0.2) is 111 Å². The summed E-state index contributed by atoms with van der Waals surface area (Å²) in [5.41, 5.74) is 2.71. The van der Waals surface area contributed by atoms with Crippen LogP contribution in [0.5, 0.6) is 0 Å². The van der Waals surface area contributed by atoms with Gasteiger partial charge in [0.1, 0.15) is 24.2 Å². The van der Waals surface area contributed by atoms with Gasteiger partial charge in [0.2, 0.25) is 23.6 Å². The maximum absolute atomic E-state index is 13.8. The number of aliphatic hydroxyl groups excluding tert-OH is 1. The Hall–Kier alpha value is -4.59. The highest BCUT2D eigenvalue weighted by Crippen LogP contribution is 2.20. The third-order valence-electron chi connectivity index (χ3n) is 9.40. The predicted octanol–water partition coefficient (Wildman–Crippen LogP) is 1.43. The van der Waals surface area contributed by atoms with Gasteiger partial charge in [0.05, 0.1) is 25.0 Å². The van der Waals surface area contributed by atoms with E-state index in [0.29, 0.717) is 19.4 Å². The average Bonchev–Trinajstić information content (AvgIpc) is 3.64. The largest absolute Gasteiger partial charge is 0.388 e. The Bertz CT molecular complexity index is 1580. The van der Waals surface area contributed by atoms with Crippen LogP contribution < -0.4 is 16.0 Å². The molecule has 13 nitrogen and oxygen atoms in total. The molecule has 3 aromatic rings. The van der Waals surface area contributed by atoms with E-state index in [1.165, 1.54) is 11.9 Å². The lowest BCUT2D eigenvalue weighted by Crippen LogP contribution is -2.60. The van der Waals surface area contributed by atoms with E-state index in [-0.39, 0.29) is 37.9 Å². The molecule has 268 valence electrons. The zero-order valence-electron chi connectivity index (χ0n) is 29.2. The van der Waals surface area contributed by atoms with Gasteiger partial charge in [-0.3, -0.25) is 24.1 Å². The van der Waals surface area contributed by atoms with Gasteiger partial charge in [-0.25, -0.2) is 4.98 Å². The minimum atomic E-state index is -1.08. The molecule has 0 radical (unpaired) electrons. The van der Waals surface area contributed by atoms with E-state index in [1.54, 1.807) is 19.4 Å². The highest BCUT2D eigenvalue weighted by atomic mass is 16.5. The number of hydrogen-bond donors (Lipinski definition) is 4. The third-order valence-corrected chi connectivity index (χ3v) is 9.40. The number of rotatable bonds is 7. The number of aliphatic hydroxyl groups is 1. The van der Waals surface area contributed by atoms with Gasteiger partial charge in [0.25, 0.3) is 0 Å². The van der Waals surface area contributed by atoms with E-state index in [0.717, 1.165) is 16.8 Å². The van der Waals surface area contributed by atoms with Crippen molar-refractivity contribution in [2.75, 3.05) is 26.7 Å². The van der Waals surface area contributed by atoms with Crippen molar-refractivity contribution in [3.8, 4) is 5.69 Å². The molecule has 3 heterocycles. The van der Waals surface area contributed by atoms with Crippen LogP contribution in [0, 0.1) is 5.92 Å². The summed E-state index contributed by atoms with van der Waals surface area (Å²) in [4.78, 5) is 62.2. The molecule has 5 rings (SSSR count). The van der Waals surface area contributed by atoms with E-state index in [1.807, 2.05) is 84.1 Å². The van der Waals surface area contributed by atoms with Gasteiger partial charge in [-0.2, -0.15) is 0 Å². The van der Waals surface area contributed by atoms with Crippen molar-refractivity contribution in [2.45, 2.75) is 83.0 Å². The zero-order valence-corrected chi connectivity index (χ0v) is 29.2. The smallest absolute Gasteiger partial charge is 0.245 e. The molecule has 50 heavy (non-hydrogen) atoms. The van der Waals surface area contributed by atoms with Gasteiger partial charge >= 0.3 is 0 Å². The Morgan fingerprint density at radius 2 is 1.68 bits per heavy atom. The molecule has 13 heteroatoms. The van der Waals surface area contributed by atoms with Gasteiger partial charge in [0, 0.05) is 51.2 Å². The van der Waals surface area contributed by atoms with E-state index >= 15 is 0 Å². The van der Waals surface area contributed by atoms with Crippen LogP contribution in [0.25, 0.3) is 5.69 Å². The molecule has 0 unspecified atom stereocenters. The number of benzene rings is 2. The van der Waals surface area contributed by atoms with Crippen LogP contribution in [0.2, 0.25) is 0 Å². The molecule has 2 saturated heterocycles. The van der Waals surface area contributed by atoms with Crippen molar-refractivity contribution in [3.63, 3.8) is 0 Å². The van der Waals surface area contributed by atoms with Gasteiger partial charge < -0.3 is 35.3 Å². The number of fused-ring (bicyclic) bond motifs is 2. The fraction of sp³-hybridized carbons (Fsp3) is 0.486. The van der Waals surface area contributed by atoms with E-state index in [4.69, 9.17) is 4.74 Å². The van der Waals surface area contributed by atoms with Gasteiger partial charge in [-0.05, 0) is 48.9 Å². The first-order chi connectivity index (χ1) is 24.0. The number of aromatic nitrogens is 2. The molecule has 0 saturated carbocycles. The topological polar surface area (TPSA) is 158 Å². The normalized spacial score (nSPS) is 26.2. The summed E-state index contributed by atoms with van der Waals surface area (Å²) in [6.45, 7) is 6.28. The first-order valence-corrected chi connectivity index (χ1v) is 17.3. The SMILES string of the molecule is CC(C)C[C@H]1NC(=O)CN(Cc2ccc(-n3ccnc3)cc2)C[C@H]2OCC[C@H](NC(=O)[C@H](Cc3ccccc3)NC(=O)[C@H](C)N(C)C1=O)[C@@H]2O. The summed E-state index contributed by atoms with van der Waals surface area (Å²) in [5.74, 6) is -1.65. The van der Waals surface area contributed by atoms with E-state index in [9.17, 15) is 24.3 Å². The van der Waals surface area contributed by atoms with Crippen molar-refractivity contribution in [1.29, 1.82) is 0 Å². The molecular weight excluding hydrogens is 638 g/mol. The van der Waals surface area contributed by atoms with Crippen molar-refractivity contribution in [1.82, 2.24) is 35.3 Å². The number of carbonyl (C=O) groups is 4. The van der Waals surface area contributed by atoms with Gasteiger partial charge in [-0.15, -0.1) is 0 Å². The number of nitrogens with one attached hydrogen (secondary N) is 3. The lowest BCUT2D eigenvalue weighted by Gasteiger charge is -2.38. The average molecular weight is 688 g/mol. The molecule has 4 N–H and O–H groups in total. The Morgan fingerprint density at radius 3 is 2.36 bits per heavy atom. The van der Waals surface area contributed by atoms with Crippen molar-refractivity contribution < 1.29 is 29.0 Å². The van der Waals surface area contributed by atoms with E-state index in [2.05, 4.69) is 20.9 Å². The molecule has 2 fully saturated rings. The summed E-state index contributed by atoms with van der Waals surface area (Å²) in [7, 11) is 1.53. The molecule has 1 aromatic heterocycles.